The van der Waals surface area contributed by atoms with E-state index in [1.165, 1.54) is 11.3 Å². The molecule has 0 radical (unpaired) electrons. The van der Waals surface area contributed by atoms with E-state index in [9.17, 15) is 9.59 Å². The first-order chi connectivity index (χ1) is 18.1. The number of hydrogen-bond acceptors (Lipinski definition) is 5. The molecule has 8 heteroatoms. The van der Waals surface area contributed by atoms with E-state index in [0.717, 1.165) is 75.8 Å². The quantitative estimate of drug-likeness (QED) is 0.619. The van der Waals surface area contributed by atoms with Crippen LogP contribution in [0.4, 0.5) is 11.4 Å². The SMILES string of the molecule is O=C(CN1CCN2c3ccccc3CC(C(=O)N3CCN(c4cccc(Cl)c4)CC3)C2C1)N1CCCC1. The standard InChI is InChI=1S/C29H36ClN5O2/c30-23-7-5-8-24(19-23)32-13-15-34(16-14-32)29(37)25-18-22-6-1-2-9-26(22)35-17-12-31(20-27(25)35)21-28(36)33-10-3-4-11-33/h1-2,5-9,19,25,27H,3-4,10-18,20-21H2. The zero-order chi connectivity index (χ0) is 25.4. The predicted octanol–water partition coefficient (Wildman–Crippen LogP) is 2.97. The van der Waals surface area contributed by atoms with Crippen molar-refractivity contribution in [3.8, 4) is 0 Å². The highest BCUT2D eigenvalue weighted by atomic mass is 35.5. The van der Waals surface area contributed by atoms with Gasteiger partial charge in [0.1, 0.15) is 0 Å². The maximum Gasteiger partial charge on any atom is 0.236 e. The van der Waals surface area contributed by atoms with Crippen LogP contribution in [-0.4, -0.2) is 98.0 Å². The Morgan fingerprint density at radius 2 is 1.62 bits per heavy atom. The van der Waals surface area contributed by atoms with Gasteiger partial charge >= 0.3 is 0 Å². The molecule has 3 fully saturated rings. The normalized spacial score (nSPS) is 24.1. The minimum atomic E-state index is -0.0997. The summed E-state index contributed by atoms with van der Waals surface area (Å²) in [6.45, 7) is 7.74. The Labute approximate surface area is 224 Å². The fraction of sp³-hybridized carbons (Fsp3) is 0.517. The number of rotatable bonds is 4. The number of fused-ring (bicyclic) bond motifs is 3. The van der Waals surface area contributed by atoms with Crippen molar-refractivity contribution in [3.63, 3.8) is 0 Å². The molecule has 0 saturated carbocycles. The van der Waals surface area contributed by atoms with Crippen LogP contribution in [0.15, 0.2) is 48.5 Å². The third kappa shape index (κ3) is 5.04. The molecule has 3 saturated heterocycles. The van der Waals surface area contributed by atoms with E-state index < -0.39 is 0 Å². The second-order valence-corrected chi connectivity index (χ2v) is 11.3. The lowest BCUT2D eigenvalue weighted by Gasteiger charge is -2.50. The van der Waals surface area contributed by atoms with Gasteiger partial charge in [-0.05, 0) is 49.1 Å². The third-order valence-electron chi connectivity index (χ3n) is 8.61. The van der Waals surface area contributed by atoms with Crippen molar-refractivity contribution in [2.24, 2.45) is 5.92 Å². The van der Waals surface area contributed by atoms with Crippen molar-refractivity contribution >= 4 is 34.8 Å². The van der Waals surface area contributed by atoms with Crippen LogP contribution in [0.5, 0.6) is 0 Å². The third-order valence-corrected chi connectivity index (χ3v) is 8.84. The van der Waals surface area contributed by atoms with Crippen molar-refractivity contribution in [2.45, 2.75) is 25.3 Å². The number of para-hydroxylation sites is 1. The minimum Gasteiger partial charge on any atom is -0.368 e. The lowest BCUT2D eigenvalue weighted by atomic mass is 9.83. The molecule has 4 heterocycles. The molecule has 2 aromatic rings. The number of nitrogens with zero attached hydrogens (tertiary/aromatic N) is 5. The summed E-state index contributed by atoms with van der Waals surface area (Å²) >= 11 is 6.21. The summed E-state index contributed by atoms with van der Waals surface area (Å²) in [7, 11) is 0. The largest absolute Gasteiger partial charge is 0.368 e. The Bertz CT molecular complexity index is 1140. The van der Waals surface area contributed by atoms with Gasteiger partial charge in [0, 0.05) is 75.3 Å². The zero-order valence-corrected chi connectivity index (χ0v) is 22.2. The Morgan fingerprint density at radius 1 is 0.838 bits per heavy atom. The molecule has 2 atom stereocenters. The molecule has 0 aromatic heterocycles. The van der Waals surface area contributed by atoms with Crippen LogP contribution >= 0.6 is 11.6 Å². The highest BCUT2D eigenvalue weighted by molar-refractivity contribution is 6.30. The topological polar surface area (TPSA) is 50.3 Å². The van der Waals surface area contributed by atoms with Gasteiger partial charge in [-0.15, -0.1) is 0 Å². The number of halogens is 1. The number of carbonyl (C=O) groups is 2. The Morgan fingerprint density at radius 3 is 2.41 bits per heavy atom. The minimum absolute atomic E-state index is 0.0912. The van der Waals surface area contributed by atoms with Crippen LogP contribution in [0.1, 0.15) is 18.4 Å². The van der Waals surface area contributed by atoms with Crippen molar-refractivity contribution in [1.29, 1.82) is 0 Å². The molecule has 2 aromatic carbocycles. The van der Waals surface area contributed by atoms with Crippen LogP contribution in [0.2, 0.25) is 5.02 Å². The smallest absolute Gasteiger partial charge is 0.236 e. The molecule has 0 bridgehead atoms. The van der Waals surface area contributed by atoms with Crippen molar-refractivity contribution < 1.29 is 9.59 Å². The van der Waals surface area contributed by atoms with Gasteiger partial charge in [0.25, 0.3) is 0 Å². The first-order valence-corrected chi connectivity index (χ1v) is 14.1. The summed E-state index contributed by atoms with van der Waals surface area (Å²) in [6, 6.07) is 16.6. The maximum absolute atomic E-state index is 14.0. The number of benzene rings is 2. The van der Waals surface area contributed by atoms with Crippen LogP contribution in [0.3, 0.4) is 0 Å². The van der Waals surface area contributed by atoms with Gasteiger partial charge in [0.2, 0.25) is 11.8 Å². The number of carbonyl (C=O) groups excluding carboxylic acids is 2. The molecular weight excluding hydrogens is 486 g/mol. The van der Waals surface area contributed by atoms with Crippen LogP contribution < -0.4 is 9.80 Å². The molecule has 196 valence electrons. The lowest BCUT2D eigenvalue weighted by Crippen LogP contribution is -2.63. The number of anilines is 2. The van der Waals surface area contributed by atoms with Crippen LogP contribution in [0.25, 0.3) is 0 Å². The molecule has 0 aliphatic carbocycles. The van der Waals surface area contributed by atoms with E-state index in [1.807, 2.05) is 23.1 Å². The fourth-order valence-corrected chi connectivity index (χ4v) is 6.78. The molecule has 4 aliphatic rings. The van der Waals surface area contributed by atoms with Gasteiger partial charge in [-0.25, -0.2) is 0 Å². The molecule has 4 aliphatic heterocycles. The number of hydrogen-bond donors (Lipinski definition) is 0. The fourth-order valence-electron chi connectivity index (χ4n) is 6.60. The van der Waals surface area contributed by atoms with E-state index in [1.54, 1.807) is 0 Å². The Hall–Kier alpha value is -2.77. The Balaban J connectivity index is 1.16. The van der Waals surface area contributed by atoms with Crippen LogP contribution in [-0.2, 0) is 16.0 Å². The molecule has 6 rings (SSSR count). The summed E-state index contributed by atoms with van der Waals surface area (Å²) in [5.41, 5.74) is 3.63. The first-order valence-electron chi connectivity index (χ1n) is 13.7. The Kier molecular flexibility index (Phi) is 7.00. The number of amides is 2. The lowest BCUT2D eigenvalue weighted by molar-refractivity contribution is -0.137. The van der Waals surface area contributed by atoms with Gasteiger partial charge in [-0.1, -0.05) is 35.9 Å². The summed E-state index contributed by atoms with van der Waals surface area (Å²) < 4.78 is 0. The first kappa shape index (κ1) is 24.6. The second kappa shape index (κ2) is 10.5. The van der Waals surface area contributed by atoms with Crippen molar-refractivity contribution in [1.82, 2.24) is 14.7 Å². The van der Waals surface area contributed by atoms with Crippen molar-refractivity contribution in [2.75, 3.05) is 75.2 Å². The van der Waals surface area contributed by atoms with E-state index in [4.69, 9.17) is 11.6 Å². The molecule has 0 N–H and O–H groups in total. The molecule has 0 spiro atoms. The molecule has 2 amide bonds. The van der Waals surface area contributed by atoms with Gasteiger partial charge in [-0.3, -0.25) is 14.5 Å². The zero-order valence-electron chi connectivity index (χ0n) is 21.4. The van der Waals surface area contributed by atoms with E-state index in [2.05, 4.69) is 49.9 Å². The number of likely N-dealkylation sites (tertiary alicyclic amines) is 1. The second-order valence-electron chi connectivity index (χ2n) is 10.8. The van der Waals surface area contributed by atoms with Gasteiger partial charge in [0.05, 0.1) is 18.5 Å². The number of piperazine rings is 2. The average molecular weight is 522 g/mol. The summed E-state index contributed by atoms with van der Waals surface area (Å²) in [4.78, 5) is 38.0. The monoisotopic (exact) mass is 521 g/mol. The van der Waals surface area contributed by atoms with E-state index in [-0.39, 0.29) is 23.8 Å². The predicted molar refractivity (Wildman–Crippen MR) is 147 cm³/mol. The maximum atomic E-state index is 14.0. The summed E-state index contributed by atoms with van der Waals surface area (Å²) in [5.74, 6) is 0.391. The van der Waals surface area contributed by atoms with E-state index in [0.29, 0.717) is 19.6 Å². The van der Waals surface area contributed by atoms with E-state index >= 15 is 0 Å². The molecule has 2 unspecified atom stereocenters. The summed E-state index contributed by atoms with van der Waals surface area (Å²) in [5, 5.41) is 0.738. The summed E-state index contributed by atoms with van der Waals surface area (Å²) in [6.07, 6.45) is 2.98. The average Bonchev–Trinajstić information content (AvgIpc) is 3.48. The van der Waals surface area contributed by atoms with Crippen LogP contribution in [0, 0.1) is 5.92 Å². The highest BCUT2D eigenvalue weighted by Crippen LogP contribution is 2.37. The molecule has 37 heavy (non-hydrogen) atoms. The van der Waals surface area contributed by atoms with Gasteiger partial charge in [0.15, 0.2) is 0 Å². The highest BCUT2D eigenvalue weighted by Gasteiger charge is 2.43. The molecule has 7 nitrogen and oxygen atoms in total. The van der Waals surface area contributed by atoms with Gasteiger partial charge < -0.3 is 19.6 Å². The molecular formula is C29H36ClN5O2. The van der Waals surface area contributed by atoms with Gasteiger partial charge in [-0.2, -0.15) is 0 Å². The van der Waals surface area contributed by atoms with Crippen molar-refractivity contribution in [3.05, 3.63) is 59.1 Å².